The minimum Gasteiger partial charge on any atom is -0.480 e. The fourth-order valence-corrected chi connectivity index (χ4v) is 2.59. The smallest absolute Gasteiger partial charge is 0.326 e. The van der Waals surface area contributed by atoms with Gasteiger partial charge in [0.2, 0.25) is 5.91 Å². The van der Waals surface area contributed by atoms with Gasteiger partial charge in [-0.15, -0.1) is 0 Å². The lowest BCUT2D eigenvalue weighted by Crippen LogP contribution is -2.47. The molecule has 6 heteroatoms. The molecule has 6 nitrogen and oxygen atoms in total. The molecule has 0 bridgehead atoms. The molecule has 2 N–H and O–H groups in total. The zero-order chi connectivity index (χ0) is 15.4. The second kappa shape index (κ2) is 6.39. The summed E-state index contributed by atoms with van der Waals surface area (Å²) in [6.45, 7) is 1.74. The van der Waals surface area contributed by atoms with Crippen molar-refractivity contribution in [3.63, 3.8) is 0 Å². The molecule has 1 aliphatic rings. The molecule has 1 fully saturated rings. The highest BCUT2D eigenvalue weighted by atomic mass is 16.4. The Bertz CT molecular complexity index is 544. The average Bonchev–Trinajstić information content (AvgIpc) is 2.94. The number of hydrogen-bond acceptors (Lipinski definition) is 3. The lowest BCUT2D eigenvalue weighted by molar-refractivity contribution is -0.149. The quantitative estimate of drug-likeness (QED) is 0.864. The van der Waals surface area contributed by atoms with E-state index in [1.807, 2.05) is 6.07 Å². The normalized spacial score (nSPS) is 19.1. The van der Waals surface area contributed by atoms with Crippen LogP contribution in [-0.4, -0.2) is 40.4 Å². The van der Waals surface area contributed by atoms with Crippen LogP contribution in [0.1, 0.15) is 31.4 Å². The van der Waals surface area contributed by atoms with Gasteiger partial charge in [-0.1, -0.05) is 30.3 Å². The first-order valence-corrected chi connectivity index (χ1v) is 6.86. The average molecular weight is 290 g/mol. The number of rotatable bonds is 4. The molecule has 1 aromatic rings. The lowest BCUT2D eigenvalue weighted by atomic mass is 10.0. The summed E-state index contributed by atoms with van der Waals surface area (Å²) in [7, 11) is 0. The van der Waals surface area contributed by atoms with Crippen molar-refractivity contribution >= 4 is 17.8 Å². The van der Waals surface area contributed by atoms with Crippen LogP contribution in [0.3, 0.4) is 0 Å². The number of benzene rings is 1. The van der Waals surface area contributed by atoms with Gasteiger partial charge in [-0.05, 0) is 18.4 Å². The minimum atomic E-state index is -1.00. The number of amides is 2. The van der Waals surface area contributed by atoms with E-state index in [0.717, 1.165) is 0 Å². The number of carbonyl (C=O) groups is 3. The molecule has 21 heavy (non-hydrogen) atoms. The van der Waals surface area contributed by atoms with E-state index in [1.165, 1.54) is 11.8 Å². The summed E-state index contributed by atoms with van der Waals surface area (Å²) in [6, 6.07) is 7.19. The van der Waals surface area contributed by atoms with Crippen LogP contribution in [0.25, 0.3) is 0 Å². The molecule has 2 amide bonds. The molecular weight excluding hydrogens is 272 g/mol. The van der Waals surface area contributed by atoms with Crippen LogP contribution in [-0.2, 0) is 14.4 Å². The topological polar surface area (TPSA) is 86.7 Å². The van der Waals surface area contributed by atoms with Crippen molar-refractivity contribution < 1.29 is 19.5 Å². The van der Waals surface area contributed by atoms with Crippen molar-refractivity contribution in [2.75, 3.05) is 6.54 Å². The third kappa shape index (κ3) is 3.39. The van der Waals surface area contributed by atoms with Gasteiger partial charge in [-0.2, -0.15) is 0 Å². The van der Waals surface area contributed by atoms with Crippen LogP contribution in [0.4, 0.5) is 0 Å². The number of nitrogens with one attached hydrogen (secondary N) is 1. The van der Waals surface area contributed by atoms with Gasteiger partial charge in [-0.25, -0.2) is 4.79 Å². The molecule has 1 aliphatic heterocycles. The molecule has 0 radical (unpaired) electrons. The summed E-state index contributed by atoms with van der Waals surface area (Å²) in [5.41, 5.74) is 0.647. The number of hydrogen-bond donors (Lipinski definition) is 2. The molecule has 1 unspecified atom stereocenters. The fraction of sp³-hybridized carbons (Fsp3) is 0.400. The number of likely N-dealkylation sites (tertiary alicyclic amines) is 1. The predicted molar refractivity (Wildman–Crippen MR) is 75.4 cm³/mol. The number of carboxylic acid groups (broad SMARTS) is 1. The Morgan fingerprint density at radius 2 is 1.95 bits per heavy atom. The third-order valence-electron chi connectivity index (χ3n) is 3.55. The Kier molecular flexibility index (Phi) is 4.57. The van der Waals surface area contributed by atoms with Crippen molar-refractivity contribution in [3.8, 4) is 0 Å². The first-order valence-electron chi connectivity index (χ1n) is 6.86. The van der Waals surface area contributed by atoms with E-state index in [2.05, 4.69) is 5.32 Å². The van der Waals surface area contributed by atoms with Crippen molar-refractivity contribution in [2.45, 2.75) is 31.8 Å². The summed E-state index contributed by atoms with van der Waals surface area (Å²) in [5.74, 6) is -1.71. The zero-order valence-corrected chi connectivity index (χ0v) is 11.8. The van der Waals surface area contributed by atoms with Gasteiger partial charge in [0, 0.05) is 13.5 Å². The van der Waals surface area contributed by atoms with Gasteiger partial charge in [0.15, 0.2) is 0 Å². The number of carboxylic acids is 1. The van der Waals surface area contributed by atoms with Crippen molar-refractivity contribution in [1.82, 2.24) is 10.2 Å². The van der Waals surface area contributed by atoms with E-state index in [-0.39, 0.29) is 11.8 Å². The Morgan fingerprint density at radius 1 is 1.29 bits per heavy atom. The molecule has 0 spiro atoms. The molecule has 112 valence electrons. The monoisotopic (exact) mass is 290 g/mol. The minimum absolute atomic E-state index is 0.330. The van der Waals surface area contributed by atoms with Crippen molar-refractivity contribution in [2.24, 2.45) is 0 Å². The third-order valence-corrected chi connectivity index (χ3v) is 3.55. The van der Waals surface area contributed by atoms with Crippen LogP contribution < -0.4 is 5.32 Å². The van der Waals surface area contributed by atoms with Crippen LogP contribution in [0.2, 0.25) is 0 Å². The lowest BCUT2D eigenvalue weighted by Gasteiger charge is -2.27. The van der Waals surface area contributed by atoms with Gasteiger partial charge in [0.25, 0.3) is 5.91 Å². The first kappa shape index (κ1) is 15.0. The molecule has 1 heterocycles. The second-order valence-corrected chi connectivity index (χ2v) is 5.07. The summed E-state index contributed by atoms with van der Waals surface area (Å²) in [4.78, 5) is 36.6. The number of carbonyl (C=O) groups excluding carboxylic acids is 2. The van der Waals surface area contributed by atoms with Crippen LogP contribution in [0.5, 0.6) is 0 Å². The Hall–Kier alpha value is -2.37. The number of aliphatic carboxylic acids is 1. The fourth-order valence-electron chi connectivity index (χ4n) is 2.59. The van der Waals surface area contributed by atoms with Gasteiger partial charge in [0.1, 0.15) is 12.1 Å². The zero-order valence-electron chi connectivity index (χ0n) is 11.8. The molecule has 1 aromatic carbocycles. The Morgan fingerprint density at radius 3 is 2.52 bits per heavy atom. The summed E-state index contributed by atoms with van der Waals surface area (Å²) in [5, 5.41) is 11.8. The van der Waals surface area contributed by atoms with E-state index >= 15 is 0 Å². The largest absolute Gasteiger partial charge is 0.480 e. The van der Waals surface area contributed by atoms with E-state index in [9.17, 15) is 19.5 Å². The van der Waals surface area contributed by atoms with Crippen LogP contribution >= 0.6 is 0 Å². The maximum atomic E-state index is 12.6. The highest BCUT2D eigenvalue weighted by Gasteiger charge is 2.37. The van der Waals surface area contributed by atoms with E-state index in [0.29, 0.717) is 24.9 Å². The second-order valence-electron chi connectivity index (χ2n) is 5.07. The number of nitrogens with zero attached hydrogens (tertiary/aromatic N) is 1. The molecule has 0 aliphatic carbocycles. The molecular formula is C15H18N2O4. The maximum absolute atomic E-state index is 12.6. The highest BCUT2D eigenvalue weighted by molar-refractivity contribution is 5.91. The SMILES string of the molecule is CC(=O)NC(C(=O)N1CCC[C@@H]1C(=O)O)c1ccccc1. The Labute approximate surface area is 122 Å². The Balaban J connectivity index is 2.26. The standard InChI is InChI=1S/C15H18N2O4/c1-10(18)16-13(11-6-3-2-4-7-11)14(19)17-9-5-8-12(17)15(20)21/h2-4,6-7,12-13H,5,8-9H2,1H3,(H,16,18)(H,20,21)/t12-,13?/m1/s1. The van der Waals surface area contributed by atoms with Crippen LogP contribution in [0.15, 0.2) is 30.3 Å². The van der Waals surface area contributed by atoms with Gasteiger partial charge < -0.3 is 15.3 Å². The molecule has 0 saturated carbocycles. The van der Waals surface area contributed by atoms with Gasteiger partial charge in [0.05, 0.1) is 0 Å². The molecule has 1 saturated heterocycles. The van der Waals surface area contributed by atoms with E-state index < -0.39 is 18.1 Å². The van der Waals surface area contributed by atoms with E-state index in [4.69, 9.17) is 0 Å². The first-order chi connectivity index (χ1) is 10.0. The van der Waals surface area contributed by atoms with Gasteiger partial charge >= 0.3 is 5.97 Å². The molecule has 0 aromatic heterocycles. The summed E-state index contributed by atoms with van der Waals surface area (Å²) >= 11 is 0. The van der Waals surface area contributed by atoms with E-state index in [1.54, 1.807) is 24.3 Å². The predicted octanol–water partition coefficient (Wildman–Crippen LogP) is 0.939. The van der Waals surface area contributed by atoms with Gasteiger partial charge in [-0.3, -0.25) is 9.59 Å². The van der Waals surface area contributed by atoms with Crippen molar-refractivity contribution in [1.29, 1.82) is 0 Å². The summed E-state index contributed by atoms with van der Waals surface area (Å²) in [6.07, 6.45) is 1.10. The summed E-state index contributed by atoms with van der Waals surface area (Å²) < 4.78 is 0. The molecule has 2 rings (SSSR count). The van der Waals surface area contributed by atoms with Crippen LogP contribution in [0, 0.1) is 0 Å². The highest BCUT2D eigenvalue weighted by Crippen LogP contribution is 2.23. The maximum Gasteiger partial charge on any atom is 0.326 e. The van der Waals surface area contributed by atoms with Crippen molar-refractivity contribution in [3.05, 3.63) is 35.9 Å². The molecule has 2 atom stereocenters.